The second-order valence-corrected chi connectivity index (χ2v) is 9.31. The first-order valence-electron chi connectivity index (χ1n) is 13.7. The molecule has 4 aromatic rings. The van der Waals surface area contributed by atoms with Gasteiger partial charge in [0.05, 0.1) is 32.1 Å². The molecule has 0 saturated heterocycles. The van der Waals surface area contributed by atoms with Gasteiger partial charge >= 0.3 is 6.36 Å². The van der Waals surface area contributed by atoms with Crippen molar-refractivity contribution in [1.29, 1.82) is 0 Å². The molecule has 2 amide bonds. The van der Waals surface area contributed by atoms with E-state index in [9.17, 15) is 27.2 Å². The van der Waals surface area contributed by atoms with Crippen molar-refractivity contribution < 1.29 is 41.4 Å². The summed E-state index contributed by atoms with van der Waals surface area (Å²) >= 11 is 0. The monoisotopic (exact) mass is 627 g/mol. The van der Waals surface area contributed by atoms with Crippen molar-refractivity contribution >= 4 is 23.3 Å². The van der Waals surface area contributed by atoms with Gasteiger partial charge in [-0.15, -0.1) is 13.2 Å². The van der Waals surface area contributed by atoms with E-state index in [1.807, 2.05) is 0 Å². The lowest BCUT2D eigenvalue weighted by Crippen LogP contribution is -2.28. The highest BCUT2D eigenvalue weighted by molar-refractivity contribution is 5.95. The number of hydrogen-bond acceptors (Lipinski definition) is 8. The number of amides is 2. The quantitative estimate of drug-likeness (QED) is 0.123. The minimum atomic E-state index is -4.77. The fraction of sp³-hybridized carbons (Fsp3) is 0.226. The molecule has 0 spiro atoms. The standard InChI is InChI=1S/C31H29F4N5O5/c32-24-6-4-21(5-7-24)29(41)36-12-14-43-16-17-44-15-13-37-30(42)23-3-1-2-22(18-23)27-19-28(39-20-38-27)40-25-8-10-26(11-9-25)45-31(33,34)35/h1-11,18-20H,12-17H2,(H,36,41)(H,37,42)(H,38,39,40). The number of nitrogens with one attached hydrogen (secondary N) is 3. The van der Waals surface area contributed by atoms with E-state index in [2.05, 4.69) is 30.7 Å². The number of anilines is 2. The van der Waals surface area contributed by atoms with Crippen molar-refractivity contribution in [3.63, 3.8) is 0 Å². The zero-order chi connectivity index (χ0) is 32.1. The minimum Gasteiger partial charge on any atom is -0.406 e. The number of aromatic nitrogens is 2. The molecule has 14 heteroatoms. The highest BCUT2D eigenvalue weighted by Gasteiger charge is 2.31. The lowest BCUT2D eigenvalue weighted by atomic mass is 10.1. The molecular formula is C31H29F4N5O5. The molecule has 0 atom stereocenters. The van der Waals surface area contributed by atoms with E-state index < -0.39 is 12.2 Å². The number of hydrogen-bond donors (Lipinski definition) is 3. The Labute approximate surface area is 255 Å². The second kappa shape index (κ2) is 16.1. The van der Waals surface area contributed by atoms with Crippen LogP contribution in [0.3, 0.4) is 0 Å². The van der Waals surface area contributed by atoms with E-state index in [0.717, 1.165) is 0 Å². The second-order valence-electron chi connectivity index (χ2n) is 9.31. The third kappa shape index (κ3) is 11.2. The first kappa shape index (κ1) is 32.8. The van der Waals surface area contributed by atoms with Crippen molar-refractivity contribution in [2.24, 2.45) is 0 Å². The maximum atomic E-state index is 12.9. The predicted molar refractivity (Wildman–Crippen MR) is 157 cm³/mol. The Bertz CT molecular complexity index is 1550. The fourth-order valence-corrected chi connectivity index (χ4v) is 3.89. The molecule has 0 aliphatic heterocycles. The van der Waals surface area contributed by atoms with Gasteiger partial charge in [0, 0.05) is 41.5 Å². The molecule has 4 rings (SSSR count). The molecule has 0 saturated carbocycles. The molecule has 10 nitrogen and oxygen atoms in total. The molecule has 236 valence electrons. The van der Waals surface area contributed by atoms with Gasteiger partial charge < -0.3 is 30.2 Å². The first-order chi connectivity index (χ1) is 21.7. The number of carbonyl (C=O) groups excluding carboxylic acids is 2. The molecule has 0 aliphatic rings. The van der Waals surface area contributed by atoms with Gasteiger partial charge in [-0.1, -0.05) is 12.1 Å². The molecule has 0 bridgehead atoms. The number of nitrogens with zero attached hydrogens (tertiary/aromatic N) is 2. The molecule has 1 heterocycles. The van der Waals surface area contributed by atoms with Crippen molar-refractivity contribution in [2.45, 2.75) is 6.36 Å². The highest BCUT2D eigenvalue weighted by Crippen LogP contribution is 2.26. The number of rotatable bonds is 15. The fourth-order valence-electron chi connectivity index (χ4n) is 3.89. The maximum Gasteiger partial charge on any atom is 0.573 e. The van der Waals surface area contributed by atoms with E-state index >= 15 is 0 Å². The summed E-state index contributed by atoms with van der Waals surface area (Å²) < 4.78 is 64.8. The number of carbonyl (C=O) groups is 2. The maximum absolute atomic E-state index is 12.9. The Balaban J connectivity index is 1.14. The smallest absolute Gasteiger partial charge is 0.406 e. The summed E-state index contributed by atoms with van der Waals surface area (Å²) in [6.45, 7) is 1.70. The van der Waals surface area contributed by atoms with Gasteiger partial charge in [0.25, 0.3) is 11.8 Å². The lowest BCUT2D eigenvalue weighted by molar-refractivity contribution is -0.274. The molecule has 0 aliphatic carbocycles. The van der Waals surface area contributed by atoms with Crippen LogP contribution >= 0.6 is 0 Å². The average Bonchev–Trinajstić information content (AvgIpc) is 3.02. The number of ether oxygens (including phenoxy) is 3. The Morgan fingerprint density at radius 1 is 0.733 bits per heavy atom. The summed E-state index contributed by atoms with van der Waals surface area (Å²) in [6, 6.07) is 18.9. The number of alkyl halides is 3. The molecule has 0 fully saturated rings. The van der Waals surface area contributed by atoms with Crippen molar-refractivity contribution in [3.8, 4) is 17.0 Å². The van der Waals surface area contributed by atoms with E-state index in [4.69, 9.17) is 9.47 Å². The van der Waals surface area contributed by atoms with Gasteiger partial charge in [0.1, 0.15) is 23.7 Å². The van der Waals surface area contributed by atoms with Gasteiger partial charge in [-0.05, 0) is 60.7 Å². The van der Waals surface area contributed by atoms with Crippen LogP contribution in [0.15, 0.2) is 85.2 Å². The zero-order valence-electron chi connectivity index (χ0n) is 23.8. The third-order valence-electron chi connectivity index (χ3n) is 5.99. The van der Waals surface area contributed by atoms with E-state index in [-0.39, 0.29) is 43.9 Å². The van der Waals surface area contributed by atoms with Gasteiger partial charge in [0.15, 0.2) is 0 Å². The number of benzene rings is 3. The first-order valence-corrected chi connectivity index (χ1v) is 13.7. The average molecular weight is 628 g/mol. The van der Waals surface area contributed by atoms with Crippen molar-refractivity contribution in [3.05, 3.63) is 102 Å². The molecule has 0 unspecified atom stereocenters. The van der Waals surface area contributed by atoms with Crippen LogP contribution < -0.4 is 20.7 Å². The van der Waals surface area contributed by atoms with Gasteiger partial charge in [0.2, 0.25) is 0 Å². The Morgan fingerprint density at radius 3 is 2.02 bits per heavy atom. The van der Waals surface area contributed by atoms with Gasteiger partial charge in [-0.2, -0.15) is 0 Å². The Morgan fingerprint density at radius 2 is 1.38 bits per heavy atom. The van der Waals surface area contributed by atoms with Crippen LogP contribution in [0.4, 0.5) is 29.1 Å². The number of halogens is 4. The topological polar surface area (TPSA) is 124 Å². The highest BCUT2D eigenvalue weighted by atomic mass is 19.4. The molecule has 45 heavy (non-hydrogen) atoms. The predicted octanol–water partition coefficient (Wildman–Crippen LogP) is 5.12. The van der Waals surface area contributed by atoms with Crippen LogP contribution in [0.1, 0.15) is 20.7 Å². The SMILES string of the molecule is O=C(NCCOCCOCCNC(=O)c1cccc(-c2cc(Nc3ccc(OC(F)(F)F)cc3)ncn2)c1)c1ccc(F)cc1. The van der Waals surface area contributed by atoms with E-state index in [1.54, 1.807) is 30.3 Å². The molecule has 0 radical (unpaired) electrons. The molecule has 1 aromatic heterocycles. The molecule has 3 aromatic carbocycles. The zero-order valence-corrected chi connectivity index (χ0v) is 23.8. The summed E-state index contributed by atoms with van der Waals surface area (Å²) in [5.41, 5.74) is 2.44. The van der Waals surface area contributed by atoms with Gasteiger partial charge in [-0.3, -0.25) is 9.59 Å². The summed E-state index contributed by atoms with van der Waals surface area (Å²) in [5, 5.41) is 8.45. The largest absolute Gasteiger partial charge is 0.573 e. The van der Waals surface area contributed by atoms with Crippen LogP contribution in [-0.4, -0.2) is 67.7 Å². The summed E-state index contributed by atoms with van der Waals surface area (Å²) in [7, 11) is 0. The van der Waals surface area contributed by atoms with Crippen molar-refractivity contribution in [2.75, 3.05) is 44.8 Å². The van der Waals surface area contributed by atoms with E-state index in [1.165, 1.54) is 54.9 Å². The third-order valence-corrected chi connectivity index (χ3v) is 5.99. The van der Waals surface area contributed by atoms with Crippen LogP contribution in [0.25, 0.3) is 11.3 Å². The van der Waals surface area contributed by atoms with Crippen LogP contribution in [-0.2, 0) is 9.47 Å². The minimum absolute atomic E-state index is 0.264. The summed E-state index contributed by atoms with van der Waals surface area (Å²) in [5.74, 6) is -0.978. The van der Waals surface area contributed by atoms with Crippen LogP contribution in [0.5, 0.6) is 5.75 Å². The lowest BCUT2D eigenvalue weighted by Gasteiger charge is -2.11. The summed E-state index contributed by atoms with van der Waals surface area (Å²) in [6.07, 6.45) is -3.44. The van der Waals surface area contributed by atoms with E-state index in [0.29, 0.717) is 47.1 Å². The Kier molecular flexibility index (Phi) is 11.8. The van der Waals surface area contributed by atoms with Crippen LogP contribution in [0.2, 0.25) is 0 Å². The van der Waals surface area contributed by atoms with Crippen molar-refractivity contribution in [1.82, 2.24) is 20.6 Å². The Hall–Kier alpha value is -5.08. The molecule has 3 N–H and O–H groups in total. The molecular weight excluding hydrogens is 598 g/mol. The van der Waals surface area contributed by atoms with Gasteiger partial charge in [-0.25, -0.2) is 14.4 Å². The summed E-state index contributed by atoms with van der Waals surface area (Å²) in [4.78, 5) is 33.0. The van der Waals surface area contributed by atoms with Crippen LogP contribution in [0, 0.1) is 5.82 Å². The normalized spacial score (nSPS) is 11.1.